The average molecular weight is 474 g/mol. The molecular weight excluding hydrogens is 449 g/mol. The molecule has 1 aromatic heterocycles. The zero-order valence-electron chi connectivity index (χ0n) is 18.4. The van der Waals surface area contributed by atoms with Gasteiger partial charge >= 0.3 is 0 Å². The number of nitrogens with one attached hydrogen (secondary N) is 2. The number of rotatable bonds is 7. The van der Waals surface area contributed by atoms with Crippen LogP contribution in [-0.2, 0) is 4.79 Å². The lowest BCUT2D eigenvalue weighted by Gasteiger charge is -2.32. The quantitative estimate of drug-likeness (QED) is 0.540. The zero-order valence-corrected chi connectivity index (χ0v) is 19.2. The van der Waals surface area contributed by atoms with E-state index in [0.29, 0.717) is 48.2 Å². The van der Waals surface area contributed by atoms with E-state index in [1.165, 1.54) is 18.5 Å². The molecular formula is C23H25ClFN5O3. The number of benzene rings is 2. The molecule has 33 heavy (non-hydrogen) atoms. The minimum absolute atomic E-state index is 0.0172. The number of ether oxygens (including phenoxy) is 2. The summed E-state index contributed by atoms with van der Waals surface area (Å²) in [4.78, 5) is 22.6. The summed E-state index contributed by atoms with van der Waals surface area (Å²) in [6.07, 6.45) is 2.84. The molecule has 1 aliphatic rings. The van der Waals surface area contributed by atoms with Crippen molar-refractivity contribution in [1.82, 2.24) is 20.2 Å². The molecule has 8 nitrogen and oxygen atoms in total. The minimum Gasteiger partial charge on any atom is -0.493 e. The van der Waals surface area contributed by atoms with Crippen LogP contribution in [0.5, 0.6) is 11.5 Å². The second-order valence-electron chi connectivity index (χ2n) is 7.72. The van der Waals surface area contributed by atoms with Crippen LogP contribution in [0.3, 0.4) is 0 Å². The number of amides is 1. The van der Waals surface area contributed by atoms with Gasteiger partial charge in [-0.25, -0.2) is 14.4 Å². The number of carbonyl (C=O) groups excluding carboxylic acids is 1. The first-order valence-corrected chi connectivity index (χ1v) is 11.0. The van der Waals surface area contributed by atoms with Crippen molar-refractivity contribution in [2.45, 2.75) is 18.9 Å². The lowest BCUT2D eigenvalue weighted by Crippen LogP contribution is -2.44. The van der Waals surface area contributed by atoms with Crippen LogP contribution in [0, 0.1) is 5.82 Å². The molecule has 3 aromatic rings. The summed E-state index contributed by atoms with van der Waals surface area (Å²) < 4.78 is 25.3. The summed E-state index contributed by atoms with van der Waals surface area (Å²) in [6, 6.07) is 7.99. The summed E-state index contributed by atoms with van der Waals surface area (Å²) in [5, 5.41) is 6.79. The summed E-state index contributed by atoms with van der Waals surface area (Å²) in [7, 11) is 3.34. The number of hydrogen-bond donors (Lipinski definition) is 2. The van der Waals surface area contributed by atoms with Crippen LogP contribution in [0.15, 0.2) is 36.7 Å². The lowest BCUT2D eigenvalue weighted by atomic mass is 10.1. The summed E-state index contributed by atoms with van der Waals surface area (Å²) in [6.45, 7) is 1.61. The third kappa shape index (κ3) is 5.26. The van der Waals surface area contributed by atoms with Gasteiger partial charge in [-0.3, -0.25) is 4.79 Å². The molecule has 1 aliphatic heterocycles. The Morgan fingerprint density at radius 3 is 2.70 bits per heavy atom. The van der Waals surface area contributed by atoms with Gasteiger partial charge in [0.2, 0.25) is 5.91 Å². The molecule has 0 bridgehead atoms. The van der Waals surface area contributed by atoms with Gasteiger partial charge in [0.15, 0.2) is 11.5 Å². The van der Waals surface area contributed by atoms with Gasteiger partial charge in [-0.1, -0.05) is 11.6 Å². The number of likely N-dealkylation sites (N-methyl/N-ethyl adjacent to an activating group) is 1. The van der Waals surface area contributed by atoms with Gasteiger partial charge < -0.3 is 25.0 Å². The Balaban J connectivity index is 1.56. The van der Waals surface area contributed by atoms with Crippen molar-refractivity contribution in [3.05, 3.63) is 47.5 Å². The van der Waals surface area contributed by atoms with E-state index < -0.39 is 5.82 Å². The summed E-state index contributed by atoms with van der Waals surface area (Å²) in [5.41, 5.74) is 1.26. The Kier molecular flexibility index (Phi) is 7.10. The van der Waals surface area contributed by atoms with Gasteiger partial charge in [0.1, 0.15) is 24.1 Å². The normalized spacial score (nSPS) is 14.4. The van der Waals surface area contributed by atoms with Gasteiger partial charge in [-0.2, -0.15) is 0 Å². The third-order valence-corrected chi connectivity index (χ3v) is 5.81. The largest absolute Gasteiger partial charge is 0.493 e. The van der Waals surface area contributed by atoms with E-state index in [4.69, 9.17) is 21.1 Å². The summed E-state index contributed by atoms with van der Waals surface area (Å²) in [5.74, 6) is 1.26. The first kappa shape index (κ1) is 23.0. The highest BCUT2D eigenvalue weighted by Gasteiger charge is 2.25. The van der Waals surface area contributed by atoms with Crippen molar-refractivity contribution in [3.8, 4) is 11.5 Å². The molecule has 1 saturated heterocycles. The molecule has 1 amide bonds. The molecule has 0 aliphatic carbocycles. The number of piperidine rings is 1. The first-order valence-electron chi connectivity index (χ1n) is 10.6. The number of likely N-dealkylation sites (tertiary alicyclic amines) is 1. The Labute approximate surface area is 196 Å². The topological polar surface area (TPSA) is 88.6 Å². The molecule has 10 heteroatoms. The number of anilines is 2. The number of halogens is 2. The van der Waals surface area contributed by atoms with E-state index >= 15 is 0 Å². The third-order valence-electron chi connectivity index (χ3n) is 5.52. The van der Waals surface area contributed by atoms with Gasteiger partial charge in [-0.15, -0.1) is 0 Å². The van der Waals surface area contributed by atoms with E-state index in [-0.39, 0.29) is 17.0 Å². The Morgan fingerprint density at radius 2 is 2.00 bits per heavy atom. The first-order chi connectivity index (χ1) is 16.0. The maximum Gasteiger partial charge on any atom is 0.236 e. The monoisotopic (exact) mass is 473 g/mol. The highest BCUT2D eigenvalue weighted by molar-refractivity contribution is 6.31. The van der Waals surface area contributed by atoms with E-state index in [2.05, 4.69) is 20.6 Å². The van der Waals surface area contributed by atoms with Crippen LogP contribution in [0.25, 0.3) is 10.9 Å². The van der Waals surface area contributed by atoms with E-state index in [1.807, 2.05) is 11.0 Å². The zero-order chi connectivity index (χ0) is 23.4. The maximum atomic E-state index is 13.5. The molecule has 1 fully saturated rings. The molecule has 174 valence electrons. The van der Waals surface area contributed by atoms with Gasteiger partial charge in [-0.05, 0) is 31.3 Å². The van der Waals surface area contributed by atoms with Gasteiger partial charge in [0, 0.05) is 43.1 Å². The Hall–Kier alpha value is -3.17. The van der Waals surface area contributed by atoms with Crippen LogP contribution in [0.4, 0.5) is 15.9 Å². The van der Waals surface area contributed by atoms with Crippen LogP contribution < -0.4 is 20.1 Å². The number of fused-ring (bicyclic) bond motifs is 1. The number of nitrogens with zero attached hydrogens (tertiary/aromatic N) is 3. The molecule has 0 saturated carbocycles. The van der Waals surface area contributed by atoms with Crippen LogP contribution in [-0.4, -0.2) is 60.7 Å². The fourth-order valence-corrected chi connectivity index (χ4v) is 3.97. The molecule has 0 atom stereocenters. The number of methoxy groups -OCH3 is 1. The molecule has 2 N–H and O–H groups in total. The summed E-state index contributed by atoms with van der Waals surface area (Å²) >= 11 is 5.91. The number of aromatic nitrogens is 2. The fraction of sp³-hybridized carbons (Fsp3) is 0.348. The highest BCUT2D eigenvalue weighted by Crippen LogP contribution is 2.36. The second kappa shape index (κ2) is 10.2. The SMILES string of the molecule is CNCC(=O)N1CCC(Oc2cc3c(Nc4ccc(F)c(Cl)c4)ncnc3cc2OC)CC1. The average Bonchev–Trinajstić information content (AvgIpc) is 2.82. The smallest absolute Gasteiger partial charge is 0.236 e. The molecule has 0 spiro atoms. The lowest BCUT2D eigenvalue weighted by molar-refractivity contribution is -0.131. The van der Waals surface area contributed by atoms with Crippen LogP contribution >= 0.6 is 11.6 Å². The van der Waals surface area contributed by atoms with Crippen LogP contribution in [0.2, 0.25) is 5.02 Å². The Bertz CT molecular complexity index is 1150. The Morgan fingerprint density at radius 1 is 1.21 bits per heavy atom. The van der Waals surface area contributed by atoms with E-state index in [9.17, 15) is 9.18 Å². The number of carbonyl (C=O) groups is 1. The molecule has 0 radical (unpaired) electrons. The van der Waals surface area contributed by atoms with E-state index in [1.54, 1.807) is 26.3 Å². The molecule has 2 heterocycles. The van der Waals surface area contributed by atoms with Crippen molar-refractivity contribution in [1.29, 1.82) is 0 Å². The van der Waals surface area contributed by atoms with Crippen LogP contribution in [0.1, 0.15) is 12.8 Å². The van der Waals surface area contributed by atoms with E-state index in [0.717, 1.165) is 18.2 Å². The minimum atomic E-state index is -0.492. The second-order valence-corrected chi connectivity index (χ2v) is 8.13. The predicted molar refractivity (Wildman–Crippen MR) is 125 cm³/mol. The van der Waals surface area contributed by atoms with Crippen molar-refractivity contribution >= 4 is 39.9 Å². The highest BCUT2D eigenvalue weighted by atomic mass is 35.5. The maximum absolute atomic E-state index is 13.5. The van der Waals surface area contributed by atoms with Crippen molar-refractivity contribution in [2.75, 3.05) is 39.1 Å². The van der Waals surface area contributed by atoms with Gasteiger partial charge in [0.25, 0.3) is 0 Å². The number of hydrogen-bond acceptors (Lipinski definition) is 7. The standard InChI is InChI=1S/C23H25ClFN5O3/c1-26-12-22(31)30-7-5-15(6-8-30)33-21-10-16-19(11-20(21)32-2)27-13-28-23(16)29-14-3-4-18(25)17(24)9-14/h3-4,9-11,13,15,26H,5-8,12H2,1-2H3,(H,27,28,29). The fourth-order valence-electron chi connectivity index (χ4n) is 3.79. The molecule has 0 unspecified atom stereocenters. The van der Waals surface area contributed by atoms with Crippen molar-refractivity contribution < 1.29 is 18.7 Å². The molecule has 4 rings (SSSR count). The predicted octanol–water partition coefficient (Wildman–Crippen LogP) is 3.76. The molecule has 2 aromatic carbocycles. The van der Waals surface area contributed by atoms with Gasteiger partial charge in [0.05, 0.1) is 24.2 Å². The van der Waals surface area contributed by atoms with Crippen molar-refractivity contribution in [2.24, 2.45) is 0 Å². The van der Waals surface area contributed by atoms with Crippen molar-refractivity contribution in [3.63, 3.8) is 0 Å².